The smallest absolute Gasteiger partial charge is 0.141 e. The molecular formula is C22H24N6. The topological polar surface area (TPSA) is 89.9 Å². The lowest BCUT2D eigenvalue weighted by atomic mass is 9.90. The van der Waals surface area contributed by atoms with E-state index in [-0.39, 0.29) is 5.41 Å². The zero-order chi connectivity index (χ0) is 20.1. The Bertz CT molecular complexity index is 1070. The second kappa shape index (κ2) is 8.05. The Morgan fingerprint density at radius 1 is 1.32 bits per heavy atom. The van der Waals surface area contributed by atoms with E-state index in [2.05, 4.69) is 42.1 Å². The van der Waals surface area contributed by atoms with Crippen LogP contribution in [0.25, 0.3) is 22.5 Å². The number of nitriles is 1. The molecule has 0 aliphatic heterocycles. The number of nitrogens with zero attached hydrogens (tertiary/aromatic N) is 4. The van der Waals surface area contributed by atoms with Gasteiger partial charge >= 0.3 is 0 Å². The summed E-state index contributed by atoms with van der Waals surface area (Å²) in [6.07, 6.45) is 9.75. The van der Waals surface area contributed by atoms with Crippen LogP contribution >= 0.6 is 0 Å². The average Bonchev–Trinajstić information content (AvgIpc) is 3.18. The number of fused-ring (bicyclic) bond motifs is 1. The van der Waals surface area contributed by atoms with Crippen molar-refractivity contribution in [2.24, 2.45) is 5.41 Å². The Morgan fingerprint density at radius 2 is 2.14 bits per heavy atom. The van der Waals surface area contributed by atoms with E-state index in [1.807, 2.05) is 41.2 Å². The summed E-state index contributed by atoms with van der Waals surface area (Å²) in [6.45, 7) is 7.37. The van der Waals surface area contributed by atoms with Crippen LogP contribution in [0.1, 0.15) is 38.4 Å². The highest BCUT2D eigenvalue weighted by Gasteiger charge is 2.15. The van der Waals surface area contributed by atoms with Crippen molar-refractivity contribution in [3.63, 3.8) is 0 Å². The molecule has 6 heteroatoms. The second-order valence-electron chi connectivity index (χ2n) is 7.46. The minimum absolute atomic E-state index is 0.168. The summed E-state index contributed by atoms with van der Waals surface area (Å²) in [5.41, 5.74) is 4.33. The highest BCUT2D eigenvalue weighted by Crippen LogP contribution is 2.28. The van der Waals surface area contributed by atoms with Crippen LogP contribution in [0.15, 0.2) is 49.1 Å². The molecule has 142 valence electrons. The van der Waals surface area contributed by atoms with Crippen LogP contribution in [0.4, 0.5) is 0 Å². The maximum Gasteiger partial charge on any atom is 0.141 e. The summed E-state index contributed by atoms with van der Waals surface area (Å²) in [5.74, 6) is 0. The highest BCUT2D eigenvalue weighted by atomic mass is 15.0. The SMILES string of the molecule is CCC(C)(C)CN/C=C(\C=N)c1ccc(C#N)nc1-c1ccn2ccnc2c1. The van der Waals surface area contributed by atoms with Crippen molar-refractivity contribution in [2.45, 2.75) is 27.2 Å². The molecule has 0 spiro atoms. The molecular weight excluding hydrogens is 348 g/mol. The maximum absolute atomic E-state index is 9.29. The molecule has 0 amide bonds. The summed E-state index contributed by atoms with van der Waals surface area (Å²) >= 11 is 0. The van der Waals surface area contributed by atoms with Gasteiger partial charge in [0.15, 0.2) is 0 Å². The van der Waals surface area contributed by atoms with Gasteiger partial charge in [-0.2, -0.15) is 5.26 Å². The molecule has 0 saturated carbocycles. The molecule has 0 saturated heterocycles. The molecule has 0 fully saturated rings. The van der Waals surface area contributed by atoms with E-state index in [1.54, 1.807) is 12.3 Å². The van der Waals surface area contributed by atoms with Crippen LogP contribution in [0.5, 0.6) is 0 Å². The number of aromatic nitrogens is 3. The first-order valence-corrected chi connectivity index (χ1v) is 9.26. The van der Waals surface area contributed by atoms with E-state index in [4.69, 9.17) is 5.41 Å². The van der Waals surface area contributed by atoms with E-state index < -0.39 is 0 Å². The Labute approximate surface area is 165 Å². The van der Waals surface area contributed by atoms with Crippen LogP contribution in [-0.2, 0) is 0 Å². The van der Waals surface area contributed by atoms with Crippen molar-refractivity contribution in [2.75, 3.05) is 6.54 Å². The number of rotatable bonds is 7. The van der Waals surface area contributed by atoms with E-state index >= 15 is 0 Å². The standard InChI is InChI=1S/C22H24N6/c1-4-22(2,3)15-25-14-17(12-23)19-6-5-18(13-24)27-21(19)16-7-9-28-10-8-26-20(28)11-16/h5-12,14,23,25H,4,15H2,1-3H3/b17-14+,23-12?. The number of imidazole rings is 1. The van der Waals surface area contributed by atoms with E-state index in [0.717, 1.165) is 29.7 Å². The van der Waals surface area contributed by atoms with Gasteiger partial charge in [-0.1, -0.05) is 20.8 Å². The van der Waals surface area contributed by atoms with Gasteiger partial charge in [-0.15, -0.1) is 0 Å². The molecule has 3 heterocycles. The molecule has 0 unspecified atom stereocenters. The van der Waals surface area contributed by atoms with Gasteiger partial charge in [-0.25, -0.2) is 9.97 Å². The molecule has 3 aromatic heterocycles. The molecule has 0 aliphatic rings. The number of allylic oxidation sites excluding steroid dienone is 1. The van der Waals surface area contributed by atoms with E-state index in [1.165, 1.54) is 6.21 Å². The molecule has 6 nitrogen and oxygen atoms in total. The van der Waals surface area contributed by atoms with Crippen LogP contribution < -0.4 is 5.32 Å². The lowest BCUT2D eigenvalue weighted by molar-refractivity contribution is 0.345. The van der Waals surface area contributed by atoms with E-state index in [0.29, 0.717) is 17.0 Å². The van der Waals surface area contributed by atoms with Gasteiger partial charge in [-0.3, -0.25) is 0 Å². The van der Waals surface area contributed by atoms with Gasteiger partial charge in [0.05, 0.1) is 5.69 Å². The Morgan fingerprint density at radius 3 is 2.86 bits per heavy atom. The minimum atomic E-state index is 0.168. The molecule has 3 rings (SSSR count). The van der Waals surface area contributed by atoms with E-state index in [9.17, 15) is 5.26 Å². The summed E-state index contributed by atoms with van der Waals surface area (Å²) < 4.78 is 1.92. The van der Waals surface area contributed by atoms with Gasteiger partial charge in [0.25, 0.3) is 0 Å². The Kier molecular flexibility index (Phi) is 5.55. The predicted molar refractivity (Wildman–Crippen MR) is 112 cm³/mol. The fourth-order valence-corrected chi connectivity index (χ4v) is 2.79. The molecule has 0 bridgehead atoms. The number of hydrogen-bond acceptors (Lipinski definition) is 5. The van der Waals surface area contributed by atoms with Crippen molar-refractivity contribution in [3.05, 3.63) is 60.3 Å². The average molecular weight is 372 g/mol. The largest absolute Gasteiger partial charge is 0.390 e. The Hall–Kier alpha value is -3.46. The van der Waals surface area contributed by atoms with Crippen LogP contribution in [0, 0.1) is 22.2 Å². The fourth-order valence-electron chi connectivity index (χ4n) is 2.79. The predicted octanol–water partition coefficient (Wildman–Crippen LogP) is 4.28. The zero-order valence-electron chi connectivity index (χ0n) is 16.4. The van der Waals surface area contributed by atoms with Crippen LogP contribution in [0.2, 0.25) is 0 Å². The van der Waals surface area contributed by atoms with Crippen molar-refractivity contribution >= 4 is 17.4 Å². The van der Waals surface area contributed by atoms with Gasteiger partial charge < -0.3 is 15.1 Å². The molecule has 2 N–H and O–H groups in total. The third-order valence-corrected chi connectivity index (χ3v) is 4.94. The first-order chi connectivity index (χ1) is 13.5. The number of nitrogens with one attached hydrogen (secondary N) is 2. The van der Waals surface area contributed by atoms with Crippen LogP contribution in [-0.4, -0.2) is 27.1 Å². The van der Waals surface area contributed by atoms with Gasteiger partial charge in [-0.05, 0) is 36.1 Å². The van der Waals surface area contributed by atoms with Gasteiger partial charge in [0.2, 0.25) is 0 Å². The van der Waals surface area contributed by atoms with Crippen molar-refractivity contribution < 1.29 is 0 Å². The maximum atomic E-state index is 9.29. The third-order valence-electron chi connectivity index (χ3n) is 4.94. The van der Waals surface area contributed by atoms with Crippen molar-refractivity contribution in [1.29, 1.82) is 10.7 Å². The lowest BCUT2D eigenvalue weighted by Gasteiger charge is -2.22. The first kappa shape index (κ1) is 19.3. The van der Waals surface area contributed by atoms with Gasteiger partial charge in [0, 0.05) is 54.2 Å². The van der Waals surface area contributed by atoms with Gasteiger partial charge in [0.1, 0.15) is 17.4 Å². The third kappa shape index (κ3) is 4.09. The van der Waals surface area contributed by atoms with Crippen molar-refractivity contribution in [1.82, 2.24) is 19.7 Å². The summed E-state index contributed by atoms with van der Waals surface area (Å²) in [4.78, 5) is 8.85. The number of hydrogen-bond donors (Lipinski definition) is 2. The fraction of sp³-hybridized carbons (Fsp3) is 0.273. The minimum Gasteiger partial charge on any atom is -0.390 e. The normalized spacial score (nSPS) is 12.0. The number of pyridine rings is 2. The molecule has 3 aromatic rings. The molecule has 0 aliphatic carbocycles. The zero-order valence-corrected chi connectivity index (χ0v) is 16.4. The lowest BCUT2D eigenvalue weighted by Crippen LogP contribution is -2.25. The highest BCUT2D eigenvalue weighted by molar-refractivity contribution is 6.10. The molecule has 0 radical (unpaired) electrons. The molecule has 0 aromatic carbocycles. The molecule has 28 heavy (non-hydrogen) atoms. The summed E-state index contributed by atoms with van der Waals surface area (Å²) in [6, 6.07) is 9.50. The summed E-state index contributed by atoms with van der Waals surface area (Å²) in [7, 11) is 0. The van der Waals surface area contributed by atoms with Crippen LogP contribution in [0.3, 0.4) is 0 Å². The Balaban J connectivity index is 2.04. The van der Waals surface area contributed by atoms with Crippen molar-refractivity contribution in [3.8, 4) is 17.3 Å². The second-order valence-corrected chi connectivity index (χ2v) is 7.46. The quantitative estimate of drug-likeness (QED) is 0.606. The first-order valence-electron chi connectivity index (χ1n) is 9.26. The summed E-state index contributed by atoms with van der Waals surface area (Å²) in [5, 5.41) is 20.5. The molecule has 0 atom stereocenters. The monoisotopic (exact) mass is 372 g/mol.